The van der Waals surface area contributed by atoms with Crippen LogP contribution in [0, 0.1) is 25.2 Å². The van der Waals surface area contributed by atoms with Gasteiger partial charge in [0.2, 0.25) is 5.91 Å². The van der Waals surface area contributed by atoms with Crippen LogP contribution in [0.3, 0.4) is 0 Å². The van der Waals surface area contributed by atoms with Crippen LogP contribution in [-0.2, 0) is 11.3 Å². The summed E-state index contributed by atoms with van der Waals surface area (Å²) in [7, 11) is 0. The molecule has 0 aliphatic carbocycles. The molecule has 0 saturated carbocycles. The third kappa shape index (κ3) is 5.60. The summed E-state index contributed by atoms with van der Waals surface area (Å²) in [5.41, 5.74) is 5.87. The molecule has 7 nitrogen and oxygen atoms in total. The molecule has 1 aliphatic rings. The van der Waals surface area contributed by atoms with E-state index in [2.05, 4.69) is 45.5 Å². The third-order valence-electron chi connectivity index (χ3n) is 6.65. The van der Waals surface area contributed by atoms with Crippen LogP contribution in [-0.4, -0.2) is 47.0 Å². The van der Waals surface area contributed by atoms with Crippen LogP contribution in [0.5, 0.6) is 0 Å². The summed E-state index contributed by atoms with van der Waals surface area (Å²) in [4.78, 5) is 27.6. The van der Waals surface area contributed by atoms with Crippen LogP contribution >= 0.6 is 0 Å². The first kappa shape index (κ1) is 24.4. The van der Waals surface area contributed by atoms with Crippen molar-refractivity contribution in [3.05, 3.63) is 95.2 Å². The number of piperazine rings is 1. The highest BCUT2D eigenvalue weighted by Crippen LogP contribution is 2.29. The lowest BCUT2D eigenvalue weighted by Gasteiger charge is -2.36. The van der Waals surface area contributed by atoms with E-state index in [1.807, 2.05) is 62.4 Å². The quantitative estimate of drug-likeness (QED) is 0.417. The number of nitrogens with zero attached hydrogens (tertiary/aromatic N) is 5. The topological polar surface area (TPSA) is 85.1 Å². The van der Waals surface area contributed by atoms with Crippen molar-refractivity contribution in [2.75, 3.05) is 36.4 Å². The number of hydrogen-bond donors (Lipinski definition) is 1. The van der Waals surface area contributed by atoms with Crippen molar-refractivity contribution in [2.45, 2.75) is 26.3 Å². The molecule has 0 radical (unpaired) electrons. The SMILES string of the molecule is Cc1cc(C)cc(NC(=O)C(C#N)c2nc3ccccc3nc2N2CCN(Cc3ccccc3)CC2)c1. The largest absolute Gasteiger partial charge is 0.352 e. The number of para-hydroxylation sites is 2. The van der Waals surface area contributed by atoms with Crippen molar-refractivity contribution >= 4 is 28.4 Å². The molecular weight excluding hydrogens is 460 g/mol. The van der Waals surface area contributed by atoms with Crippen LogP contribution in [0.2, 0.25) is 0 Å². The molecule has 3 aromatic carbocycles. The molecule has 1 aromatic heterocycles. The molecular formula is C30H30N6O. The van der Waals surface area contributed by atoms with Crippen LogP contribution in [0.1, 0.15) is 28.3 Å². The summed E-state index contributed by atoms with van der Waals surface area (Å²) in [6.07, 6.45) is 0. The number of aromatic nitrogens is 2. The Balaban J connectivity index is 1.42. The van der Waals surface area contributed by atoms with Crippen molar-refractivity contribution in [2.24, 2.45) is 0 Å². The lowest BCUT2D eigenvalue weighted by molar-refractivity contribution is -0.116. The van der Waals surface area contributed by atoms with Gasteiger partial charge in [-0.05, 0) is 54.8 Å². The second-order valence-electron chi connectivity index (χ2n) is 9.60. The van der Waals surface area contributed by atoms with E-state index in [4.69, 9.17) is 9.97 Å². The minimum atomic E-state index is -1.09. The predicted molar refractivity (Wildman–Crippen MR) is 146 cm³/mol. The number of hydrogen-bond acceptors (Lipinski definition) is 6. The standard InChI is InChI=1S/C30H30N6O/c1-21-16-22(2)18-24(17-21)32-30(37)25(19-31)28-29(34-27-11-7-6-10-26(27)33-28)36-14-12-35(13-15-36)20-23-8-4-3-5-9-23/h3-11,16-18,25H,12-15,20H2,1-2H3,(H,32,37). The van der Waals surface area contributed by atoms with Gasteiger partial charge in [0, 0.05) is 38.4 Å². The Morgan fingerprint density at radius 2 is 1.54 bits per heavy atom. The van der Waals surface area contributed by atoms with Gasteiger partial charge in [-0.15, -0.1) is 0 Å². The van der Waals surface area contributed by atoms with E-state index in [0.717, 1.165) is 49.4 Å². The van der Waals surface area contributed by atoms with E-state index < -0.39 is 11.8 Å². The Kier molecular flexibility index (Phi) is 7.11. The Bertz CT molecular complexity index is 1430. The average Bonchev–Trinajstić information content (AvgIpc) is 2.89. The van der Waals surface area contributed by atoms with Crippen molar-refractivity contribution in [3.8, 4) is 6.07 Å². The van der Waals surface area contributed by atoms with Gasteiger partial charge in [-0.1, -0.05) is 48.5 Å². The number of rotatable bonds is 6. The predicted octanol–water partition coefficient (Wildman–Crippen LogP) is 4.81. The molecule has 5 rings (SSSR count). The van der Waals surface area contributed by atoms with Crippen LogP contribution < -0.4 is 10.2 Å². The maximum Gasteiger partial charge on any atom is 0.248 e. The molecule has 37 heavy (non-hydrogen) atoms. The first-order chi connectivity index (χ1) is 18.0. The number of amides is 1. The molecule has 0 spiro atoms. The second kappa shape index (κ2) is 10.8. The van der Waals surface area contributed by atoms with Crippen LogP contribution in [0.25, 0.3) is 11.0 Å². The van der Waals surface area contributed by atoms with E-state index in [0.29, 0.717) is 22.7 Å². The van der Waals surface area contributed by atoms with Gasteiger partial charge in [-0.2, -0.15) is 5.26 Å². The fourth-order valence-corrected chi connectivity index (χ4v) is 4.90. The summed E-state index contributed by atoms with van der Waals surface area (Å²) in [6.45, 7) is 8.05. The first-order valence-corrected chi connectivity index (χ1v) is 12.6. The Morgan fingerprint density at radius 3 is 2.19 bits per heavy atom. The second-order valence-corrected chi connectivity index (χ2v) is 9.60. The molecule has 186 valence electrons. The van der Waals surface area contributed by atoms with Gasteiger partial charge in [0.1, 0.15) is 5.69 Å². The number of fused-ring (bicyclic) bond motifs is 1. The molecule has 1 amide bonds. The maximum atomic E-state index is 13.4. The highest BCUT2D eigenvalue weighted by molar-refractivity contribution is 5.98. The van der Waals surface area contributed by atoms with Gasteiger partial charge >= 0.3 is 0 Å². The van der Waals surface area contributed by atoms with Gasteiger partial charge in [0.25, 0.3) is 0 Å². The van der Waals surface area contributed by atoms with Gasteiger partial charge in [0.05, 0.1) is 17.1 Å². The number of nitriles is 1. The zero-order valence-electron chi connectivity index (χ0n) is 21.2. The molecule has 1 saturated heterocycles. The van der Waals surface area contributed by atoms with Gasteiger partial charge in [0.15, 0.2) is 11.7 Å². The van der Waals surface area contributed by atoms with Crippen LogP contribution in [0.15, 0.2) is 72.8 Å². The molecule has 1 aliphatic heterocycles. The molecule has 7 heteroatoms. The number of aryl methyl sites for hydroxylation is 2. The van der Waals surface area contributed by atoms with E-state index in [1.165, 1.54) is 5.56 Å². The monoisotopic (exact) mass is 490 g/mol. The van der Waals surface area contributed by atoms with Crippen molar-refractivity contribution in [1.82, 2.24) is 14.9 Å². The highest BCUT2D eigenvalue weighted by Gasteiger charge is 2.30. The minimum absolute atomic E-state index is 0.402. The molecule has 2 heterocycles. The Hall–Kier alpha value is -4.28. The zero-order chi connectivity index (χ0) is 25.8. The van der Waals surface area contributed by atoms with E-state index in [1.54, 1.807) is 0 Å². The highest BCUT2D eigenvalue weighted by atomic mass is 16.1. The fourth-order valence-electron chi connectivity index (χ4n) is 4.90. The molecule has 1 N–H and O–H groups in total. The van der Waals surface area contributed by atoms with Crippen molar-refractivity contribution in [3.63, 3.8) is 0 Å². The minimum Gasteiger partial charge on any atom is -0.352 e. The summed E-state index contributed by atoms with van der Waals surface area (Å²) in [5.74, 6) is -0.878. The summed E-state index contributed by atoms with van der Waals surface area (Å²) < 4.78 is 0. The molecule has 1 fully saturated rings. The smallest absolute Gasteiger partial charge is 0.248 e. The first-order valence-electron chi connectivity index (χ1n) is 12.6. The normalized spacial score (nSPS) is 14.8. The number of carbonyl (C=O) groups excluding carboxylic acids is 1. The van der Waals surface area contributed by atoms with E-state index in [9.17, 15) is 10.1 Å². The number of benzene rings is 3. The Labute approximate surface area is 217 Å². The van der Waals surface area contributed by atoms with Crippen LogP contribution in [0.4, 0.5) is 11.5 Å². The molecule has 1 unspecified atom stereocenters. The molecule has 4 aromatic rings. The number of carbonyl (C=O) groups is 1. The summed E-state index contributed by atoms with van der Waals surface area (Å²) in [6, 6.07) is 26.1. The summed E-state index contributed by atoms with van der Waals surface area (Å²) >= 11 is 0. The molecule has 1 atom stereocenters. The van der Waals surface area contributed by atoms with Gasteiger partial charge in [-0.3, -0.25) is 9.69 Å². The number of anilines is 2. The van der Waals surface area contributed by atoms with E-state index >= 15 is 0 Å². The lowest BCUT2D eigenvalue weighted by atomic mass is 10.0. The van der Waals surface area contributed by atoms with Crippen molar-refractivity contribution in [1.29, 1.82) is 5.26 Å². The average molecular weight is 491 g/mol. The lowest BCUT2D eigenvalue weighted by Crippen LogP contribution is -2.46. The Morgan fingerprint density at radius 1 is 0.919 bits per heavy atom. The zero-order valence-corrected chi connectivity index (χ0v) is 21.2. The van der Waals surface area contributed by atoms with E-state index in [-0.39, 0.29) is 0 Å². The number of nitrogens with one attached hydrogen (secondary N) is 1. The fraction of sp³-hybridized carbons (Fsp3) is 0.267. The molecule has 0 bridgehead atoms. The van der Waals surface area contributed by atoms with Gasteiger partial charge < -0.3 is 10.2 Å². The van der Waals surface area contributed by atoms with Crippen molar-refractivity contribution < 1.29 is 4.79 Å². The third-order valence-corrected chi connectivity index (χ3v) is 6.65. The summed E-state index contributed by atoms with van der Waals surface area (Å²) in [5, 5.41) is 13.1. The maximum absolute atomic E-state index is 13.4. The van der Waals surface area contributed by atoms with Gasteiger partial charge in [-0.25, -0.2) is 9.97 Å².